The van der Waals surface area contributed by atoms with Gasteiger partial charge in [0.1, 0.15) is 0 Å². The molecule has 1 aliphatic rings. The summed E-state index contributed by atoms with van der Waals surface area (Å²) in [5, 5.41) is 1.25. The normalized spacial score (nSPS) is 23.5. The zero-order chi connectivity index (χ0) is 28.5. The summed E-state index contributed by atoms with van der Waals surface area (Å²) in [4.78, 5) is 16.4. The predicted octanol–water partition coefficient (Wildman–Crippen LogP) is 7.47. The Bertz CT molecular complexity index is 1260. The molecule has 1 aliphatic heterocycles. The number of rotatable bonds is 9. The monoisotopic (exact) mass is 578 g/mol. The minimum absolute atomic E-state index is 0.00374. The summed E-state index contributed by atoms with van der Waals surface area (Å²) in [5.41, 5.74) is 1.29. The van der Waals surface area contributed by atoms with E-state index in [2.05, 4.69) is 12.6 Å². The Balaban J connectivity index is 2.22. The van der Waals surface area contributed by atoms with Crippen molar-refractivity contribution in [2.45, 2.75) is 76.6 Å². The van der Waals surface area contributed by atoms with E-state index in [9.17, 15) is 13.2 Å². The van der Waals surface area contributed by atoms with Crippen molar-refractivity contribution in [3.8, 4) is 0 Å². The highest BCUT2D eigenvalue weighted by molar-refractivity contribution is 7.90. The molecule has 4 atom stereocenters. The smallest absolute Gasteiger partial charge is 0.229 e. The number of hydrogen-bond donors (Lipinski definition) is 0. The van der Waals surface area contributed by atoms with Crippen molar-refractivity contribution in [1.29, 1.82) is 0 Å². The summed E-state index contributed by atoms with van der Waals surface area (Å²) in [6, 6.07) is 14.7. The third-order valence-corrected chi connectivity index (χ3v) is 10.7. The average molecular weight is 580 g/mol. The molecule has 1 saturated heterocycles. The maximum atomic E-state index is 14.4. The van der Waals surface area contributed by atoms with Crippen LogP contribution in [0.15, 0.2) is 61.2 Å². The van der Waals surface area contributed by atoms with Gasteiger partial charge < -0.3 is 4.90 Å². The standard InChI is InChI=1S/C30H40Cl2N2O3S/c1-8-17-30(6)19-26(22-11-10-12-24(32)18-22)27(21-13-15-23(31)16-14-21)34(28(30)35)25(9-2)20-33(7)38(36,37)29(3,4)5/h8,10-16,18,25-27H,1,9,17,19-20H2,2-7H3/t25-,26-,27-,30+/m1/s1. The summed E-state index contributed by atoms with van der Waals surface area (Å²) >= 11 is 12.7. The Morgan fingerprint density at radius 1 is 1.13 bits per heavy atom. The van der Waals surface area contributed by atoms with E-state index in [-0.39, 0.29) is 30.5 Å². The second kappa shape index (κ2) is 11.7. The van der Waals surface area contributed by atoms with Gasteiger partial charge in [-0.15, -0.1) is 6.58 Å². The quantitative estimate of drug-likeness (QED) is 0.290. The van der Waals surface area contributed by atoms with Crippen molar-refractivity contribution in [3.63, 3.8) is 0 Å². The number of allylic oxidation sites excluding steroid dienone is 1. The van der Waals surface area contributed by atoms with Crippen LogP contribution in [0.1, 0.15) is 77.0 Å². The third-order valence-electron chi connectivity index (χ3n) is 7.70. The SMILES string of the molecule is C=CC[C@@]1(C)C[C@H](c2cccc(Cl)c2)[C@@H](c2ccc(Cl)cc2)N([C@H](CC)CN(C)S(=O)(=O)C(C)(C)C)C1=O. The summed E-state index contributed by atoms with van der Waals surface area (Å²) in [5.74, 6) is -0.0693. The van der Waals surface area contributed by atoms with Gasteiger partial charge in [-0.3, -0.25) is 4.79 Å². The topological polar surface area (TPSA) is 57.7 Å². The number of likely N-dealkylation sites (tertiary alicyclic amines) is 1. The molecular formula is C30H40Cl2N2O3S. The first kappa shape index (κ1) is 30.7. The number of amides is 1. The Morgan fingerprint density at radius 3 is 2.29 bits per heavy atom. The van der Waals surface area contributed by atoms with Crippen LogP contribution >= 0.6 is 23.2 Å². The van der Waals surface area contributed by atoms with Gasteiger partial charge >= 0.3 is 0 Å². The molecule has 1 fully saturated rings. The molecule has 2 aromatic rings. The molecule has 0 N–H and O–H groups in total. The fourth-order valence-corrected chi connectivity index (χ4v) is 7.19. The van der Waals surface area contributed by atoms with Crippen LogP contribution in [-0.4, -0.2) is 47.9 Å². The third kappa shape index (κ3) is 6.14. The number of carbonyl (C=O) groups is 1. The zero-order valence-corrected chi connectivity index (χ0v) is 25.6. The van der Waals surface area contributed by atoms with Crippen molar-refractivity contribution in [1.82, 2.24) is 9.21 Å². The predicted molar refractivity (Wildman–Crippen MR) is 158 cm³/mol. The molecule has 1 heterocycles. The molecule has 38 heavy (non-hydrogen) atoms. The van der Waals surface area contributed by atoms with Crippen molar-refractivity contribution >= 4 is 39.1 Å². The lowest BCUT2D eigenvalue weighted by atomic mass is 9.67. The number of hydrogen-bond acceptors (Lipinski definition) is 3. The molecule has 0 spiro atoms. The van der Waals surface area contributed by atoms with Crippen LogP contribution < -0.4 is 0 Å². The molecule has 0 aliphatic carbocycles. The zero-order valence-electron chi connectivity index (χ0n) is 23.2. The molecule has 0 radical (unpaired) electrons. The molecule has 5 nitrogen and oxygen atoms in total. The maximum absolute atomic E-state index is 14.4. The molecule has 0 bridgehead atoms. The second-order valence-corrected chi connectivity index (χ2v) is 15.3. The highest BCUT2D eigenvalue weighted by Crippen LogP contribution is 2.52. The number of halogens is 2. The van der Waals surface area contributed by atoms with Crippen molar-refractivity contribution in [2.75, 3.05) is 13.6 Å². The van der Waals surface area contributed by atoms with Gasteiger partial charge in [0, 0.05) is 35.6 Å². The van der Waals surface area contributed by atoms with Crippen molar-refractivity contribution < 1.29 is 13.2 Å². The number of carbonyl (C=O) groups excluding carboxylic acids is 1. The summed E-state index contributed by atoms with van der Waals surface area (Å²) < 4.78 is 27.0. The number of sulfonamides is 1. The highest BCUT2D eigenvalue weighted by Gasteiger charge is 2.51. The van der Waals surface area contributed by atoms with Crippen LogP contribution in [0.2, 0.25) is 10.0 Å². The van der Waals surface area contributed by atoms with Gasteiger partial charge in [0.25, 0.3) is 0 Å². The molecule has 208 valence electrons. The van der Waals surface area contributed by atoms with E-state index in [1.54, 1.807) is 33.9 Å². The fraction of sp³-hybridized carbons (Fsp3) is 0.500. The van der Waals surface area contributed by atoms with E-state index >= 15 is 0 Å². The fourth-order valence-electron chi connectivity index (χ4n) is 5.56. The molecule has 0 unspecified atom stereocenters. The van der Waals surface area contributed by atoms with Crippen molar-refractivity contribution in [3.05, 3.63) is 82.4 Å². The van der Waals surface area contributed by atoms with E-state index in [1.807, 2.05) is 61.2 Å². The Hall–Kier alpha value is -1.86. The van der Waals surface area contributed by atoms with E-state index in [0.29, 0.717) is 29.3 Å². The Kier molecular flexibility index (Phi) is 9.45. The summed E-state index contributed by atoms with van der Waals surface area (Å²) in [6.07, 6.45) is 3.50. The first-order valence-electron chi connectivity index (χ1n) is 13.1. The van der Waals surface area contributed by atoms with Gasteiger partial charge in [0.05, 0.1) is 16.2 Å². The second-order valence-electron chi connectivity index (χ2n) is 11.6. The molecule has 3 rings (SSSR count). The van der Waals surface area contributed by atoms with Gasteiger partial charge in [-0.2, -0.15) is 0 Å². The van der Waals surface area contributed by atoms with Crippen molar-refractivity contribution in [2.24, 2.45) is 5.41 Å². The average Bonchev–Trinajstić information content (AvgIpc) is 2.84. The minimum Gasteiger partial charge on any atom is -0.330 e. The van der Waals surface area contributed by atoms with Gasteiger partial charge in [-0.25, -0.2) is 12.7 Å². The van der Waals surface area contributed by atoms with E-state index in [0.717, 1.165) is 11.1 Å². The first-order chi connectivity index (χ1) is 17.7. The molecule has 0 aromatic heterocycles. The number of nitrogens with zero attached hydrogens (tertiary/aromatic N) is 2. The minimum atomic E-state index is -3.59. The molecule has 2 aromatic carbocycles. The van der Waals surface area contributed by atoms with Gasteiger partial charge in [-0.1, -0.05) is 67.4 Å². The van der Waals surface area contributed by atoms with Crippen LogP contribution in [0.3, 0.4) is 0 Å². The van der Waals surface area contributed by atoms with Gasteiger partial charge in [-0.05, 0) is 75.4 Å². The number of benzene rings is 2. The Labute approximate surface area is 238 Å². The highest BCUT2D eigenvalue weighted by atomic mass is 35.5. The van der Waals surface area contributed by atoms with Gasteiger partial charge in [0.15, 0.2) is 0 Å². The molecule has 8 heteroatoms. The number of likely N-dealkylation sites (N-methyl/N-ethyl adjacent to an activating group) is 1. The molecule has 0 saturated carbocycles. The van der Waals surface area contributed by atoms with Crippen LogP contribution in [0.5, 0.6) is 0 Å². The van der Waals surface area contributed by atoms with E-state index in [4.69, 9.17) is 23.2 Å². The van der Waals surface area contributed by atoms with Crippen LogP contribution in [0, 0.1) is 5.41 Å². The molecule has 1 amide bonds. The van der Waals surface area contributed by atoms with Gasteiger partial charge in [0.2, 0.25) is 15.9 Å². The Morgan fingerprint density at radius 2 is 1.76 bits per heavy atom. The van der Waals surface area contributed by atoms with Crippen LogP contribution in [0.4, 0.5) is 0 Å². The van der Waals surface area contributed by atoms with E-state index in [1.165, 1.54) is 4.31 Å². The van der Waals surface area contributed by atoms with Crippen LogP contribution in [-0.2, 0) is 14.8 Å². The first-order valence-corrected chi connectivity index (χ1v) is 15.3. The summed E-state index contributed by atoms with van der Waals surface area (Å²) in [6.45, 7) is 13.2. The van der Waals surface area contributed by atoms with E-state index < -0.39 is 20.2 Å². The summed E-state index contributed by atoms with van der Waals surface area (Å²) in [7, 11) is -1.99. The largest absolute Gasteiger partial charge is 0.330 e. The number of piperidine rings is 1. The lowest BCUT2D eigenvalue weighted by molar-refractivity contribution is -0.154. The lowest BCUT2D eigenvalue weighted by Crippen LogP contribution is -2.58. The maximum Gasteiger partial charge on any atom is 0.229 e. The lowest BCUT2D eigenvalue weighted by Gasteiger charge is -2.52. The molecular weight excluding hydrogens is 539 g/mol. The van der Waals surface area contributed by atoms with Crippen LogP contribution in [0.25, 0.3) is 0 Å².